The second-order valence-electron chi connectivity index (χ2n) is 9.82. The second-order valence-corrected chi connectivity index (χ2v) is 9.82. The number of allylic oxidation sites excluding steroid dienone is 5. The van der Waals surface area contributed by atoms with Crippen LogP contribution < -0.4 is 5.32 Å². The van der Waals surface area contributed by atoms with Crippen molar-refractivity contribution in [3.63, 3.8) is 0 Å². The van der Waals surface area contributed by atoms with Crippen molar-refractivity contribution in [2.45, 2.75) is 33.6 Å². The van der Waals surface area contributed by atoms with E-state index in [1.807, 2.05) is 19.2 Å². The van der Waals surface area contributed by atoms with Gasteiger partial charge in [-0.15, -0.1) is 0 Å². The van der Waals surface area contributed by atoms with Gasteiger partial charge >= 0.3 is 0 Å². The van der Waals surface area contributed by atoms with Crippen molar-refractivity contribution in [3.8, 4) is 23.0 Å². The average molecular weight is 454 g/mol. The molecule has 1 atom stereocenters. The topological polar surface area (TPSA) is 12.0 Å². The van der Waals surface area contributed by atoms with E-state index in [-0.39, 0.29) is 5.92 Å². The number of hydrogen-bond acceptors (Lipinski definition) is 1. The summed E-state index contributed by atoms with van der Waals surface area (Å²) in [5.41, 5.74) is 16.1. The number of nitrogens with one attached hydrogen (secondary N) is 1. The van der Waals surface area contributed by atoms with Gasteiger partial charge in [0.2, 0.25) is 0 Å². The zero-order valence-electron chi connectivity index (χ0n) is 21.4. The van der Waals surface area contributed by atoms with E-state index < -0.39 is 0 Å². The van der Waals surface area contributed by atoms with Crippen LogP contribution in [0.2, 0.25) is 0 Å². The fraction of sp³-hybridized carbons (Fsp3) is 0.176. The summed E-state index contributed by atoms with van der Waals surface area (Å²) < 4.78 is 0. The lowest BCUT2D eigenvalue weighted by Crippen LogP contribution is -2.15. The molecule has 3 aromatic carbocycles. The summed E-state index contributed by atoms with van der Waals surface area (Å²) in [6.45, 7) is 25.5. The van der Waals surface area contributed by atoms with Gasteiger partial charge in [-0.1, -0.05) is 73.6 Å². The van der Waals surface area contributed by atoms with E-state index in [9.17, 15) is 0 Å². The molecule has 0 radical (unpaired) electrons. The summed E-state index contributed by atoms with van der Waals surface area (Å²) >= 11 is 0. The Morgan fingerprint density at radius 3 is 2.23 bits per heavy atom. The number of benzene rings is 3. The van der Waals surface area contributed by atoms with Crippen molar-refractivity contribution in [2.24, 2.45) is 0 Å². The van der Waals surface area contributed by atoms with E-state index in [0.717, 1.165) is 44.7 Å². The van der Waals surface area contributed by atoms with Crippen LogP contribution in [0.25, 0.3) is 44.7 Å². The van der Waals surface area contributed by atoms with E-state index in [2.05, 4.69) is 95.4 Å². The third-order valence-corrected chi connectivity index (χ3v) is 7.34. The van der Waals surface area contributed by atoms with E-state index >= 15 is 0 Å². The molecule has 2 aliphatic carbocycles. The van der Waals surface area contributed by atoms with Gasteiger partial charge in [-0.25, -0.2) is 0 Å². The van der Waals surface area contributed by atoms with Gasteiger partial charge in [-0.3, -0.25) is 0 Å². The maximum Gasteiger partial charge on any atom is 0.0724 e. The van der Waals surface area contributed by atoms with Gasteiger partial charge in [0.25, 0.3) is 0 Å². The Balaban J connectivity index is 2.10. The molecule has 5 rings (SSSR count). The Hall–Kier alpha value is -4.02. The first kappa shape index (κ1) is 22.8. The molecule has 0 spiro atoms. The highest BCUT2D eigenvalue weighted by atomic mass is 14.8. The van der Waals surface area contributed by atoms with Crippen molar-refractivity contribution in [1.82, 2.24) is 0 Å². The van der Waals surface area contributed by atoms with Crippen molar-refractivity contribution >= 4 is 39.3 Å². The van der Waals surface area contributed by atoms with Crippen LogP contribution >= 0.6 is 0 Å². The van der Waals surface area contributed by atoms with E-state index in [4.69, 9.17) is 0 Å². The van der Waals surface area contributed by atoms with Gasteiger partial charge in [0.05, 0.1) is 5.92 Å². The highest BCUT2D eigenvalue weighted by Gasteiger charge is 2.35. The summed E-state index contributed by atoms with van der Waals surface area (Å²) in [6.07, 6.45) is 3.99. The minimum absolute atomic E-state index is 0.0509. The summed E-state index contributed by atoms with van der Waals surface area (Å²) in [6, 6.07) is 8.96. The largest absolute Gasteiger partial charge is 0.388 e. The van der Waals surface area contributed by atoms with Crippen LogP contribution in [0.3, 0.4) is 0 Å². The molecule has 1 unspecified atom stereocenters. The number of anilines is 1. The predicted octanol–water partition coefficient (Wildman–Crippen LogP) is 8.99. The van der Waals surface area contributed by atoms with Crippen molar-refractivity contribution in [2.75, 3.05) is 12.4 Å². The maximum absolute atomic E-state index is 4.34. The van der Waals surface area contributed by atoms with E-state index in [1.165, 1.54) is 44.2 Å². The minimum Gasteiger partial charge on any atom is -0.388 e. The zero-order chi connectivity index (χ0) is 25.2. The number of hydrogen-bond donors (Lipinski definition) is 1. The zero-order valence-corrected chi connectivity index (χ0v) is 21.4. The van der Waals surface area contributed by atoms with Crippen LogP contribution in [0.5, 0.6) is 0 Å². The fourth-order valence-electron chi connectivity index (χ4n) is 5.84. The number of aryl methyl sites for hydroxylation is 1. The first-order valence-electron chi connectivity index (χ1n) is 12.0. The van der Waals surface area contributed by atoms with Crippen LogP contribution in [-0.2, 0) is 0 Å². The standard InChI is InChI=1S/C34H31N/c1-10-22-17-28(35-9)34-29-21(8)16-27(20(6)7)31-23(18(2)3)12-11-13-25(32(29)31)26-15-14-24(19(4)5)30(22)33(26)34/h10,12,14-17,25,35H,1-2,4,6H2,3,5,7-9H3. The summed E-state index contributed by atoms with van der Waals surface area (Å²) in [5, 5.41) is 5.94. The van der Waals surface area contributed by atoms with Crippen LogP contribution in [0, 0.1) is 18.8 Å². The maximum atomic E-state index is 4.34. The molecule has 0 amide bonds. The molecule has 0 fully saturated rings. The van der Waals surface area contributed by atoms with Gasteiger partial charge in [-0.2, -0.15) is 0 Å². The summed E-state index contributed by atoms with van der Waals surface area (Å²) in [5.74, 6) is 6.95. The van der Waals surface area contributed by atoms with Gasteiger partial charge in [0, 0.05) is 18.3 Å². The highest BCUT2D eigenvalue weighted by Crippen LogP contribution is 2.55. The number of fused-ring (bicyclic) bond motifs is 2. The molecule has 172 valence electrons. The summed E-state index contributed by atoms with van der Waals surface area (Å²) in [7, 11) is 1.99. The SMILES string of the molecule is C=Cc1cc(NC)c2c3c(ccc(C(=C)C)c13)C1C#CC=C(C(=C)C)c3c(C(=C)C)cc(C)c-2c31. The molecular formula is C34H31N. The van der Waals surface area contributed by atoms with Crippen LogP contribution in [0.4, 0.5) is 5.69 Å². The van der Waals surface area contributed by atoms with Gasteiger partial charge in [-0.05, 0) is 106 Å². The first-order chi connectivity index (χ1) is 16.7. The van der Waals surface area contributed by atoms with E-state index in [0.29, 0.717) is 0 Å². The van der Waals surface area contributed by atoms with Gasteiger partial charge in [0.1, 0.15) is 0 Å². The van der Waals surface area contributed by atoms with Gasteiger partial charge in [0.15, 0.2) is 0 Å². The monoisotopic (exact) mass is 453 g/mol. The molecule has 0 aliphatic heterocycles. The second kappa shape index (κ2) is 8.03. The first-order valence-corrected chi connectivity index (χ1v) is 12.0. The quantitative estimate of drug-likeness (QED) is 0.380. The molecule has 0 bridgehead atoms. The third-order valence-electron chi connectivity index (χ3n) is 7.34. The lowest BCUT2D eigenvalue weighted by Gasteiger charge is -2.33. The Kier molecular flexibility index (Phi) is 5.22. The normalized spacial score (nSPS) is 14.8. The predicted molar refractivity (Wildman–Crippen MR) is 156 cm³/mol. The lowest BCUT2D eigenvalue weighted by atomic mass is 9.69. The van der Waals surface area contributed by atoms with Gasteiger partial charge < -0.3 is 5.32 Å². The van der Waals surface area contributed by atoms with E-state index in [1.54, 1.807) is 0 Å². The Labute approximate surface area is 209 Å². The molecule has 1 nitrogen and oxygen atoms in total. The third kappa shape index (κ3) is 3.10. The minimum atomic E-state index is -0.0509. The van der Waals surface area contributed by atoms with Crippen LogP contribution in [0.1, 0.15) is 65.6 Å². The fourth-order valence-corrected chi connectivity index (χ4v) is 5.84. The number of rotatable bonds is 5. The van der Waals surface area contributed by atoms with Crippen molar-refractivity contribution < 1.29 is 0 Å². The molecule has 0 saturated carbocycles. The van der Waals surface area contributed by atoms with Crippen LogP contribution in [-0.4, -0.2) is 7.05 Å². The van der Waals surface area contributed by atoms with Crippen molar-refractivity contribution in [3.05, 3.63) is 101 Å². The molecule has 1 N–H and O–H groups in total. The smallest absolute Gasteiger partial charge is 0.0724 e. The Morgan fingerprint density at radius 2 is 1.63 bits per heavy atom. The highest BCUT2D eigenvalue weighted by molar-refractivity contribution is 6.15. The molecule has 0 heterocycles. The van der Waals surface area contributed by atoms with Crippen molar-refractivity contribution in [1.29, 1.82) is 0 Å². The average Bonchev–Trinajstić information content (AvgIpc) is 3.02. The Bertz CT molecular complexity index is 1630. The van der Waals surface area contributed by atoms with Crippen LogP contribution in [0.15, 0.2) is 62.2 Å². The molecule has 0 aromatic heterocycles. The molecule has 2 aliphatic rings. The molecular weight excluding hydrogens is 422 g/mol. The lowest BCUT2D eigenvalue weighted by molar-refractivity contribution is 1.05. The summed E-state index contributed by atoms with van der Waals surface area (Å²) in [4.78, 5) is 0. The molecule has 1 heteroatoms. The molecule has 0 saturated heterocycles. The Morgan fingerprint density at radius 1 is 0.914 bits per heavy atom. The molecule has 35 heavy (non-hydrogen) atoms. The molecule has 3 aromatic rings.